The second kappa shape index (κ2) is 13.2. The van der Waals surface area contributed by atoms with Gasteiger partial charge in [-0.25, -0.2) is 0 Å². The van der Waals surface area contributed by atoms with Crippen LogP contribution in [0.25, 0.3) is 0 Å². The van der Waals surface area contributed by atoms with Gasteiger partial charge in [0.2, 0.25) is 17.7 Å². The number of aliphatic hydroxyl groups excluding tert-OH is 1. The third kappa shape index (κ3) is 5.87. The molecule has 4 rings (SSSR count). The fourth-order valence-electron chi connectivity index (χ4n) is 7.02. The van der Waals surface area contributed by atoms with Crippen LogP contribution in [0.4, 0.5) is 5.69 Å². The molecule has 3 heterocycles. The number of anilines is 1. The van der Waals surface area contributed by atoms with Crippen LogP contribution in [0.3, 0.4) is 0 Å². The van der Waals surface area contributed by atoms with E-state index in [2.05, 4.69) is 13.2 Å². The predicted octanol–water partition coefficient (Wildman–Crippen LogP) is 4.67. The second-order valence-corrected chi connectivity index (χ2v) is 14.0. The number of likely N-dealkylation sites (tertiary alicyclic amines) is 1. The molecule has 0 aliphatic carbocycles. The smallest absolute Gasteiger partial charge is 0.247 e. The van der Waals surface area contributed by atoms with Crippen LogP contribution in [0.15, 0.2) is 49.6 Å². The Labute approximate surface area is 255 Å². The minimum atomic E-state index is -0.653. The van der Waals surface area contributed by atoms with Gasteiger partial charge >= 0.3 is 0 Å². The lowest BCUT2D eigenvalue weighted by atomic mass is 9.70. The molecule has 1 aromatic carbocycles. The highest BCUT2D eigenvalue weighted by atomic mass is 32.2. The summed E-state index contributed by atoms with van der Waals surface area (Å²) >= 11 is 1.69. The van der Waals surface area contributed by atoms with Gasteiger partial charge in [-0.1, -0.05) is 12.2 Å². The molecule has 230 valence electrons. The molecule has 3 fully saturated rings. The van der Waals surface area contributed by atoms with Crippen LogP contribution in [-0.4, -0.2) is 87.1 Å². The van der Waals surface area contributed by atoms with Crippen LogP contribution >= 0.6 is 11.8 Å². The van der Waals surface area contributed by atoms with Crippen LogP contribution in [0.5, 0.6) is 5.75 Å². The van der Waals surface area contributed by atoms with E-state index in [0.717, 1.165) is 30.7 Å². The third-order valence-corrected chi connectivity index (χ3v) is 10.8. The van der Waals surface area contributed by atoms with E-state index in [-0.39, 0.29) is 29.6 Å². The lowest BCUT2D eigenvalue weighted by Gasteiger charge is -2.42. The Bertz CT molecular complexity index is 1170. The van der Waals surface area contributed by atoms with Gasteiger partial charge in [0.25, 0.3) is 0 Å². The number of rotatable bonds is 14. The standard InChI is InChI=1S/C33H47N3O5S/c1-7-19-34(23-13-15-24(16-14-23)41-9-3)29(38)26-25-17-18-33(42-25)27(26)30(39)35(21-11-10-12-22-37)28(33)31(40)36(20-8-2)32(4,5)6/h7-8,13-16,25-28,37H,1-2,9-12,17-22H2,3-6H3/t25-,26+,27+,28?,33?/m1/s1. The SMILES string of the molecule is C=CCN(C(=O)[C@@H]1[C@H]2C(=O)N(CCCCCO)C(C(=O)N(CC=C)C(C)(C)C)C23CC[C@H]1S3)c1ccc(OCC)cc1. The number of carbonyl (C=O) groups excluding carboxylic acids is 3. The summed E-state index contributed by atoms with van der Waals surface area (Å²) in [6, 6.07) is 6.80. The number of aliphatic hydroxyl groups is 1. The lowest BCUT2D eigenvalue weighted by Crippen LogP contribution is -2.58. The molecule has 0 saturated carbocycles. The van der Waals surface area contributed by atoms with E-state index in [4.69, 9.17) is 4.74 Å². The minimum Gasteiger partial charge on any atom is -0.494 e. The Balaban J connectivity index is 1.71. The van der Waals surface area contributed by atoms with Crippen LogP contribution in [-0.2, 0) is 14.4 Å². The van der Waals surface area contributed by atoms with Gasteiger partial charge in [0.1, 0.15) is 11.8 Å². The van der Waals surface area contributed by atoms with E-state index in [1.54, 1.807) is 33.7 Å². The molecule has 42 heavy (non-hydrogen) atoms. The quantitative estimate of drug-likeness (QED) is 0.248. The highest BCUT2D eigenvalue weighted by molar-refractivity contribution is 8.02. The maximum Gasteiger partial charge on any atom is 0.247 e. The zero-order valence-electron chi connectivity index (χ0n) is 25.6. The average molecular weight is 598 g/mol. The van der Waals surface area contributed by atoms with E-state index in [9.17, 15) is 19.5 Å². The van der Waals surface area contributed by atoms with Crippen molar-refractivity contribution >= 4 is 35.2 Å². The zero-order chi connectivity index (χ0) is 30.7. The van der Waals surface area contributed by atoms with E-state index < -0.39 is 28.2 Å². The molecule has 3 saturated heterocycles. The average Bonchev–Trinajstić information content (AvgIpc) is 3.59. The Morgan fingerprint density at radius 1 is 1.12 bits per heavy atom. The van der Waals surface area contributed by atoms with Crippen molar-refractivity contribution in [2.45, 2.75) is 81.4 Å². The highest BCUT2D eigenvalue weighted by Crippen LogP contribution is 2.67. The summed E-state index contributed by atoms with van der Waals surface area (Å²) in [5.74, 6) is -0.624. The van der Waals surface area contributed by atoms with Crippen molar-refractivity contribution in [3.8, 4) is 5.75 Å². The normalized spacial score (nSPS) is 26.2. The Hall–Kier alpha value is -2.78. The van der Waals surface area contributed by atoms with Crippen molar-refractivity contribution in [2.24, 2.45) is 11.8 Å². The zero-order valence-corrected chi connectivity index (χ0v) is 26.4. The number of ether oxygens (including phenoxy) is 1. The number of hydrogen-bond donors (Lipinski definition) is 1. The maximum atomic E-state index is 14.5. The van der Waals surface area contributed by atoms with Gasteiger partial charge in [0, 0.05) is 42.7 Å². The molecule has 9 heteroatoms. The minimum absolute atomic E-state index is 0.0317. The molecule has 0 radical (unpaired) electrons. The number of unbranched alkanes of at least 4 members (excludes halogenated alkanes) is 2. The molecule has 2 bridgehead atoms. The van der Waals surface area contributed by atoms with Crippen LogP contribution in [0.1, 0.15) is 59.8 Å². The summed E-state index contributed by atoms with van der Waals surface area (Å²) in [4.78, 5) is 48.6. The molecule has 8 nitrogen and oxygen atoms in total. The largest absolute Gasteiger partial charge is 0.494 e. The number of fused-ring (bicyclic) bond motifs is 1. The highest BCUT2D eigenvalue weighted by Gasteiger charge is 2.74. The van der Waals surface area contributed by atoms with E-state index in [1.807, 2.05) is 56.9 Å². The van der Waals surface area contributed by atoms with Crippen LogP contribution in [0.2, 0.25) is 0 Å². The van der Waals surface area contributed by atoms with Gasteiger partial charge in [-0.3, -0.25) is 14.4 Å². The van der Waals surface area contributed by atoms with Gasteiger partial charge in [-0.15, -0.1) is 24.9 Å². The molecule has 3 aliphatic rings. The summed E-state index contributed by atoms with van der Waals surface area (Å²) in [6.45, 7) is 17.5. The summed E-state index contributed by atoms with van der Waals surface area (Å²) in [5.41, 5.74) is 0.269. The maximum absolute atomic E-state index is 14.5. The molecule has 2 unspecified atom stereocenters. The Kier molecular flexibility index (Phi) is 10.1. The summed E-state index contributed by atoms with van der Waals surface area (Å²) in [5, 5.41) is 9.27. The second-order valence-electron chi connectivity index (χ2n) is 12.4. The molecule has 3 amide bonds. The molecule has 1 spiro atoms. The fraction of sp³-hybridized carbons (Fsp3) is 0.606. The first kappa shape index (κ1) is 32.1. The molecule has 1 aromatic rings. The first-order valence-corrected chi connectivity index (χ1v) is 16.1. The molecular weight excluding hydrogens is 550 g/mol. The molecule has 1 N–H and O–H groups in total. The van der Waals surface area contributed by atoms with E-state index >= 15 is 0 Å². The summed E-state index contributed by atoms with van der Waals surface area (Å²) < 4.78 is 4.94. The van der Waals surface area contributed by atoms with Gasteiger partial charge in [-0.05, 0) is 84.1 Å². The Morgan fingerprint density at radius 3 is 2.40 bits per heavy atom. The van der Waals surface area contributed by atoms with Gasteiger partial charge < -0.3 is 24.5 Å². The van der Waals surface area contributed by atoms with Crippen LogP contribution < -0.4 is 9.64 Å². The van der Waals surface area contributed by atoms with Crippen molar-refractivity contribution in [3.05, 3.63) is 49.6 Å². The Morgan fingerprint density at radius 2 is 1.81 bits per heavy atom. The number of carbonyl (C=O) groups is 3. The fourth-order valence-corrected chi connectivity index (χ4v) is 9.22. The molecule has 0 aromatic heterocycles. The number of nitrogens with zero attached hydrogens (tertiary/aromatic N) is 3. The molecule has 3 aliphatic heterocycles. The van der Waals surface area contributed by atoms with Gasteiger partial charge in [0.05, 0.1) is 23.2 Å². The van der Waals surface area contributed by atoms with E-state index in [1.165, 1.54) is 0 Å². The van der Waals surface area contributed by atoms with Gasteiger partial charge in [-0.2, -0.15) is 0 Å². The van der Waals surface area contributed by atoms with Crippen molar-refractivity contribution < 1.29 is 24.2 Å². The predicted molar refractivity (Wildman–Crippen MR) is 169 cm³/mol. The number of thioether (sulfide) groups is 1. The molecular formula is C33H47N3O5S. The van der Waals surface area contributed by atoms with E-state index in [0.29, 0.717) is 39.1 Å². The van der Waals surface area contributed by atoms with Crippen molar-refractivity contribution in [3.63, 3.8) is 0 Å². The summed E-state index contributed by atoms with van der Waals surface area (Å²) in [6.07, 6.45) is 7.05. The van der Waals surface area contributed by atoms with Crippen LogP contribution in [0, 0.1) is 11.8 Å². The number of amides is 3. The summed E-state index contributed by atoms with van der Waals surface area (Å²) in [7, 11) is 0. The number of hydrogen-bond acceptors (Lipinski definition) is 6. The van der Waals surface area contributed by atoms with Crippen molar-refractivity contribution in [2.75, 3.05) is 37.7 Å². The third-order valence-electron chi connectivity index (χ3n) is 8.80. The number of benzene rings is 1. The molecule has 5 atom stereocenters. The monoisotopic (exact) mass is 597 g/mol. The van der Waals surface area contributed by atoms with Crippen molar-refractivity contribution in [1.82, 2.24) is 9.80 Å². The van der Waals surface area contributed by atoms with Gasteiger partial charge in [0.15, 0.2) is 0 Å². The topological polar surface area (TPSA) is 90.4 Å². The first-order valence-electron chi connectivity index (χ1n) is 15.2. The lowest BCUT2D eigenvalue weighted by molar-refractivity contribution is -0.145. The first-order chi connectivity index (χ1) is 20.0. The van der Waals surface area contributed by atoms with Crippen molar-refractivity contribution in [1.29, 1.82) is 0 Å².